The van der Waals surface area contributed by atoms with Crippen LogP contribution in [0.4, 0.5) is 0 Å². The first-order chi connectivity index (χ1) is 8.88. The highest BCUT2D eigenvalue weighted by Crippen LogP contribution is 2.17. The van der Waals surface area contributed by atoms with E-state index < -0.39 is 16.1 Å². The predicted octanol–water partition coefficient (Wildman–Crippen LogP) is 2.17. The van der Waals surface area contributed by atoms with Crippen LogP contribution < -0.4 is 0 Å². The molecule has 0 heterocycles. The average molecular weight is 284 g/mol. The SMILES string of the molecule is CCOC(=O)C(C)=COS(=O)(=O)c1ccccc1C. The average Bonchev–Trinajstić information content (AvgIpc) is 2.36. The van der Waals surface area contributed by atoms with Crippen LogP contribution in [0.2, 0.25) is 0 Å². The highest BCUT2D eigenvalue weighted by atomic mass is 32.2. The van der Waals surface area contributed by atoms with Crippen molar-refractivity contribution in [2.75, 3.05) is 6.61 Å². The van der Waals surface area contributed by atoms with Crippen molar-refractivity contribution in [1.29, 1.82) is 0 Å². The zero-order valence-corrected chi connectivity index (χ0v) is 11.9. The lowest BCUT2D eigenvalue weighted by molar-refractivity contribution is -0.138. The first-order valence-corrected chi connectivity index (χ1v) is 7.12. The number of carbonyl (C=O) groups is 1. The third kappa shape index (κ3) is 4.10. The van der Waals surface area contributed by atoms with Crippen molar-refractivity contribution in [3.63, 3.8) is 0 Å². The normalized spacial score (nSPS) is 12.1. The minimum Gasteiger partial charge on any atom is -0.463 e. The summed E-state index contributed by atoms with van der Waals surface area (Å²) in [6.07, 6.45) is 0.889. The molecule has 0 saturated carbocycles. The second kappa shape index (κ2) is 6.38. The molecular weight excluding hydrogens is 268 g/mol. The second-order valence-corrected chi connectivity index (χ2v) is 5.38. The van der Waals surface area contributed by atoms with Gasteiger partial charge in [0.1, 0.15) is 11.2 Å². The first-order valence-electron chi connectivity index (χ1n) is 5.71. The molecule has 0 amide bonds. The molecule has 0 aromatic heterocycles. The summed E-state index contributed by atoms with van der Waals surface area (Å²) in [6, 6.07) is 6.44. The highest BCUT2D eigenvalue weighted by molar-refractivity contribution is 7.86. The molecular formula is C13H16O5S. The van der Waals surface area contributed by atoms with E-state index in [4.69, 9.17) is 8.92 Å². The maximum absolute atomic E-state index is 11.9. The molecule has 0 radical (unpaired) electrons. The molecule has 6 heteroatoms. The van der Waals surface area contributed by atoms with Crippen LogP contribution in [0.25, 0.3) is 0 Å². The number of hydrogen-bond acceptors (Lipinski definition) is 5. The Kier molecular flexibility index (Phi) is 5.11. The Morgan fingerprint density at radius 2 is 1.95 bits per heavy atom. The van der Waals surface area contributed by atoms with Gasteiger partial charge in [0.25, 0.3) is 0 Å². The molecule has 19 heavy (non-hydrogen) atoms. The van der Waals surface area contributed by atoms with Crippen LogP contribution in [0.3, 0.4) is 0 Å². The highest BCUT2D eigenvalue weighted by Gasteiger charge is 2.17. The summed E-state index contributed by atoms with van der Waals surface area (Å²) < 4.78 is 33.3. The van der Waals surface area contributed by atoms with E-state index >= 15 is 0 Å². The second-order valence-electron chi connectivity index (χ2n) is 3.84. The van der Waals surface area contributed by atoms with E-state index in [1.165, 1.54) is 13.0 Å². The van der Waals surface area contributed by atoms with E-state index in [9.17, 15) is 13.2 Å². The zero-order chi connectivity index (χ0) is 14.5. The molecule has 1 aromatic rings. The van der Waals surface area contributed by atoms with E-state index in [1.807, 2.05) is 0 Å². The largest absolute Gasteiger partial charge is 0.463 e. The Hall–Kier alpha value is -1.82. The summed E-state index contributed by atoms with van der Waals surface area (Å²) in [5.41, 5.74) is 0.656. The van der Waals surface area contributed by atoms with Crippen molar-refractivity contribution in [2.45, 2.75) is 25.7 Å². The van der Waals surface area contributed by atoms with Gasteiger partial charge in [-0.25, -0.2) is 4.79 Å². The van der Waals surface area contributed by atoms with Gasteiger partial charge >= 0.3 is 16.1 Å². The molecule has 5 nitrogen and oxygen atoms in total. The van der Waals surface area contributed by atoms with Gasteiger partial charge in [0.05, 0.1) is 12.2 Å². The topological polar surface area (TPSA) is 69.7 Å². The number of benzene rings is 1. The fourth-order valence-electron chi connectivity index (χ4n) is 1.32. The van der Waals surface area contributed by atoms with Crippen LogP contribution in [0, 0.1) is 6.92 Å². The summed E-state index contributed by atoms with van der Waals surface area (Å²) in [7, 11) is -3.92. The molecule has 0 aliphatic heterocycles. The van der Waals surface area contributed by atoms with Crippen molar-refractivity contribution in [3.05, 3.63) is 41.7 Å². The van der Waals surface area contributed by atoms with Gasteiger partial charge in [-0.2, -0.15) is 8.42 Å². The van der Waals surface area contributed by atoms with Gasteiger partial charge in [0.15, 0.2) is 0 Å². The van der Waals surface area contributed by atoms with E-state index in [1.54, 1.807) is 32.0 Å². The van der Waals surface area contributed by atoms with Crippen LogP contribution in [0.1, 0.15) is 19.4 Å². The number of aryl methyl sites for hydroxylation is 1. The van der Waals surface area contributed by atoms with Crippen LogP contribution in [-0.4, -0.2) is 21.0 Å². The molecule has 0 aliphatic carbocycles. The van der Waals surface area contributed by atoms with Crippen molar-refractivity contribution < 1.29 is 22.1 Å². The summed E-state index contributed by atoms with van der Waals surface area (Å²) in [6.45, 7) is 4.97. The fraction of sp³-hybridized carbons (Fsp3) is 0.308. The van der Waals surface area contributed by atoms with Gasteiger partial charge in [0, 0.05) is 0 Å². The standard InChI is InChI=1S/C13H16O5S/c1-4-17-13(14)11(3)9-18-19(15,16)12-8-6-5-7-10(12)2/h5-9H,4H2,1-3H3. The van der Waals surface area contributed by atoms with Gasteiger partial charge in [-0.15, -0.1) is 0 Å². The maximum Gasteiger partial charge on any atom is 0.338 e. The lowest BCUT2D eigenvalue weighted by atomic mass is 10.2. The minimum absolute atomic E-state index is 0.0721. The minimum atomic E-state index is -3.92. The van der Waals surface area contributed by atoms with Gasteiger partial charge in [0.2, 0.25) is 0 Å². The number of carbonyl (C=O) groups excluding carboxylic acids is 1. The molecule has 0 unspecified atom stereocenters. The van der Waals surface area contributed by atoms with Crippen LogP contribution in [0.5, 0.6) is 0 Å². The summed E-state index contributed by atoms with van der Waals surface area (Å²) in [5.74, 6) is -0.609. The van der Waals surface area contributed by atoms with Crippen molar-refractivity contribution in [1.82, 2.24) is 0 Å². The summed E-state index contributed by atoms with van der Waals surface area (Å²) >= 11 is 0. The van der Waals surface area contributed by atoms with Crippen molar-refractivity contribution >= 4 is 16.1 Å². The Morgan fingerprint density at radius 1 is 1.32 bits per heavy atom. The molecule has 0 N–H and O–H groups in total. The Bertz CT molecular complexity index is 587. The third-order valence-corrected chi connectivity index (χ3v) is 3.66. The molecule has 0 atom stereocenters. The molecule has 1 rings (SSSR count). The van der Waals surface area contributed by atoms with E-state index in [0.29, 0.717) is 5.56 Å². The summed E-state index contributed by atoms with van der Waals surface area (Å²) in [4.78, 5) is 11.4. The van der Waals surface area contributed by atoms with E-state index in [2.05, 4.69) is 0 Å². The molecule has 0 aliphatic rings. The number of ether oxygens (including phenoxy) is 1. The molecule has 0 spiro atoms. The third-order valence-electron chi connectivity index (χ3n) is 2.31. The number of hydrogen-bond donors (Lipinski definition) is 0. The fourth-order valence-corrected chi connectivity index (χ4v) is 2.40. The van der Waals surface area contributed by atoms with Gasteiger partial charge in [-0.05, 0) is 32.4 Å². The molecule has 0 saturated heterocycles. The number of rotatable bonds is 5. The number of esters is 1. The van der Waals surface area contributed by atoms with Crippen LogP contribution >= 0.6 is 0 Å². The van der Waals surface area contributed by atoms with Gasteiger partial charge < -0.3 is 8.92 Å². The maximum atomic E-state index is 11.9. The predicted molar refractivity (Wildman–Crippen MR) is 69.8 cm³/mol. The van der Waals surface area contributed by atoms with Gasteiger partial charge in [-0.1, -0.05) is 18.2 Å². The Balaban J connectivity index is 2.91. The van der Waals surface area contributed by atoms with Gasteiger partial charge in [-0.3, -0.25) is 0 Å². The first kappa shape index (κ1) is 15.2. The van der Waals surface area contributed by atoms with Crippen molar-refractivity contribution in [3.8, 4) is 0 Å². The van der Waals surface area contributed by atoms with E-state index in [0.717, 1.165) is 6.26 Å². The van der Waals surface area contributed by atoms with Crippen LogP contribution in [0.15, 0.2) is 41.0 Å². The lowest BCUT2D eigenvalue weighted by Crippen LogP contribution is -2.08. The molecule has 0 fully saturated rings. The van der Waals surface area contributed by atoms with Crippen LogP contribution in [-0.2, 0) is 23.8 Å². The molecule has 0 bridgehead atoms. The van der Waals surface area contributed by atoms with Crippen molar-refractivity contribution in [2.24, 2.45) is 0 Å². The molecule has 104 valence electrons. The summed E-state index contributed by atoms with van der Waals surface area (Å²) in [5, 5.41) is 0. The Labute approximate surface area is 113 Å². The zero-order valence-electron chi connectivity index (χ0n) is 11.0. The molecule has 1 aromatic carbocycles. The van der Waals surface area contributed by atoms with E-state index in [-0.39, 0.29) is 17.1 Å². The monoisotopic (exact) mass is 284 g/mol. The smallest absolute Gasteiger partial charge is 0.338 e. The quantitative estimate of drug-likeness (QED) is 0.359. The Morgan fingerprint density at radius 3 is 2.53 bits per heavy atom. The lowest BCUT2D eigenvalue weighted by Gasteiger charge is -2.07.